The van der Waals surface area contributed by atoms with Crippen LogP contribution in [0, 0.1) is 17.0 Å². The van der Waals surface area contributed by atoms with E-state index >= 15 is 0 Å². The van der Waals surface area contributed by atoms with Gasteiger partial charge in [-0.2, -0.15) is 9.90 Å². The Balaban J connectivity index is 1.68. The molecule has 0 atom stereocenters. The second-order valence-electron chi connectivity index (χ2n) is 5.62. The van der Waals surface area contributed by atoms with Crippen LogP contribution in [0.25, 0.3) is 5.69 Å². The van der Waals surface area contributed by atoms with Crippen molar-refractivity contribution in [1.29, 1.82) is 0 Å². The number of aromatic nitrogens is 3. The Morgan fingerprint density at radius 2 is 1.75 bits per heavy atom. The summed E-state index contributed by atoms with van der Waals surface area (Å²) in [6, 6.07) is 11.7. The minimum absolute atomic E-state index is 0.0176. The third-order valence-electron chi connectivity index (χ3n) is 3.67. The van der Waals surface area contributed by atoms with E-state index in [1.54, 1.807) is 31.2 Å². The van der Waals surface area contributed by atoms with Gasteiger partial charge in [-0.3, -0.25) is 30.6 Å². The average molecular weight is 401 g/mol. The first-order chi connectivity index (χ1) is 13.3. The zero-order chi connectivity index (χ0) is 20.3. The number of nitrogens with one attached hydrogen (secondary N) is 2. The zero-order valence-corrected chi connectivity index (χ0v) is 15.2. The lowest BCUT2D eigenvalue weighted by Crippen LogP contribution is -2.42. The van der Waals surface area contributed by atoms with Crippen molar-refractivity contribution in [3.63, 3.8) is 0 Å². The lowest BCUT2D eigenvalue weighted by atomic mass is 10.2. The van der Waals surface area contributed by atoms with Gasteiger partial charge in [0.2, 0.25) is 0 Å². The molecule has 0 spiro atoms. The van der Waals surface area contributed by atoms with Gasteiger partial charge < -0.3 is 0 Å². The molecule has 0 aliphatic heterocycles. The minimum atomic E-state index is -0.666. The summed E-state index contributed by atoms with van der Waals surface area (Å²) in [6.45, 7) is 1.60. The van der Waals surface area contributed by atoms with Crippen LogP contribution in [0.1, 0.15) is 26.5 Å². The van der Waals surface area contributed by atoms with Gasteiger partial charge in [-0.15, -0.1) is 5.10 Å². The maximum Gasteiger partial charge on any atom is 0.292 e. The molecule has 3 aromatic rings. The van der Waals surface area contributed by atoms with Crippen LogP contribution < -0.4 is 10.9 Å². The molecule has 0 unspecified atom stereocenters. The Kier molecular flexibility index (Phi) is 5.32. The molecule has 0 radical (unpaired) electrons. The van der Waals surface area contributed by atoms with Crippen LogP contribution in [0.5, 0.6) is 0 Å². The fraction of sp³-hybridized carbons (Fsp3) is 0.0588. The number of halogens is 1. The van der Waals surface area contributed by atoms with Gasteiger partial charge in [-0.05, 0) is 37.3 Å². The van der Waals surface area contributed by atoms with Gasteiger partial charge in [-0.25, -0.2) is 0 Å². The monoisotopic (exact) mass is 400 g/mol. The number of nitrogens with zero attached hydrogens (tertiary/aromatic N) is 4. The molecule has 1 aromatic heterocycles. The zero-order valence-electron chi connectivity index (χ0n) is 14.4. The molecule has 142 valence electrons. The number of nitro benzene ring substituents is 1. The maximum atomic E-state index is 12.3. The third-order valence-corrected chi connectivity index (χ3v) is 3.90. The molecular weight excluding hydrogens is 388 g/mol. The number of amides is 2. The average Bonchev–Trinajstić information content (AvgIpc) is 3.07. The van der Waals surface area contributed by atoms with E-state index in [2.05, 4.69) is 21.0 Å². The topological polar surface area (TPSA) is 132 Å². The summed E-state index contributed by atoms with van der Waals surface area (Å²) in [5, 5.41) is 19.4. The summed E-state index contributed by atoms with van der Waals surface area (Å²) >= 11 is 5.94. The van der Waals surface area contributed by atoms with E-state index < -0.39 is 16.7 Å². The lowest BCUT2D eigenvalue weighted by Gasteiger charge is -2.06. The summed E-state index contributed by atoms with van der Waals surface area (Å²) in [4.78, 5) is 35.7. The largest absolute Gasteiger partial charge is 0.292 e. The molecule has 0 aliphatic carbocycles. The number of carbonyl (C=O) groups is 2. The van der Waals surface area contributed by atoms with Gasteiger partial charge in [-0.1, -0.05) is 17.7 Å². The Labute approximate surface area is 163 Å². The van der Waals surface area contributed by atoms with Gasteiger partial charge in [0, 0.05) is 22.7 Å². The van der Waals surface area contributed by atoms with E-state index in [1.165, 1.54) is 29.1 Å². The number of non-ortho nitro benzene ring substituents is 1. The second kappa shape index (κ2) is 7.84. The van der Waals surface area contributed by atoms with E-state index in [1.807, 2.05) is 0 Å². The number of carbonyl (C=O) groups excluding carboxylic acids is 2. The maximum absolute atomic E-state index is 12.3. The van der Waals surface area contributed by atoms with E-state index in [0.717, 1.165) is 0 Å². The highest BCUT2D eigenvalue weighted by molar-refractivity contribution is 6.30. The quantitative estimate of drug-likeness (QED) is 0.509. The van der Waals surface area contributed by atoms with Crippen molar-refractivity contribution in [2.45, 2.75) is 6.92 Å². The standard InChI is InChI=1S/C17H13ClN6O4/c1-10-15(22-23(21-10)14-4-2-3-12(18)9-14)17(26)20-19-16(25)11-5-7-13(8-6-11)24(27)28/h2-9H,1H3,(H,19,25)(H,20,26). The van der Waals surface area contributed by atoms with Crippen LogP contribution in [0.4, 0.5) is 5.69 Å². The van der Waals surface area contributed by atoms with Gasteiger partial charge in [0.05, 0.1) is 16.3 Å². The number of nitro groups is 1. The Bertz CT molecular complexity index is 1060. The van der Waals surface area contributed by atoms with E-state index in [9.17, 15) is 19.7 Å². The van der Waals surface area contributed by atoms with Gasteiger partial charge >= 0.3 is 0 Å². The Morgan fingerprint density at radius 1 is 1.07 bits per heavy atom. The van der Waals surface area contributed by atoms with Crippen LogP contribution in [0.2, 0.25) is 5.02 Å². The van der Waals surface area contributed by atoms with Crippen LogP contribution in [-0.4, -0.2) is 31.7 Å². The molecule has 2 N–H and O–H groups in total. The molecule has 0 bridgehead atoms. The number of benzene rings is 2. The smallest absolute Gasteiger partial charge is 0.267 e. The van der Waals surface area contributed by atoms with Crippen LogP contribution in [0.3, 0.4) is 0 Å². The van der Waals surface area contributed by atoms with Crippen LogP contribution in [0.15, 0.2) is 48.5 Å². The lowest BCUT2D eigenvalue weighted by molar-refractivity contribution is -0.384. The van der Waals surface area contributed by atoms with E-state index in [-0.39, 0.29) is 16.9 Å². The molecule has 0 saturated carbocycles. The normalized spacial score (nSPS) is 10.4. The number of hydrogen-bond donors (Lipinski definition) is 2. The third kappa shape index (κ3) is 4.13. The van der Waals surface area contributed by atoms with Crippen molar-refractivity contribution in [3.05, 3.63) is 80.6 Å². The highest BCUT2D eigenvalue weighted by atomic mass is 35.5. The summed E-state index contributed by atoms with van der Waals surface area (Å²) in [7, 11) is 0. The van der Waals surface area contributed by atoms with Crippen LogP contribution >= 0.6 is 11.6 Å². The predicted octanol–water partition coefficient (Wildman–Crippen LogP) is 2.21. The SMILES string of the molecule is Cc1nn(-c2cccc(Cl)c2)nc1C(=O)NNC(=O)c1ccc([N+](=O)[O-])cc1. The molecular formula is C17H13ClN6O4. The van der Waals surface area contributed by atoms with Crippen molar-refractivity contribution in [3.8, 4) is 5.69 Å². The molecule has 10 nitrogen and oxygen atoms in total. The van der Waals surface area contributed by atoms with Gasteiger partial charge in [0.15, 0.2) is 5.69 Å². The van der Waals surface area contributed by atoms with Crippen molar-refractivity contribution in [2.24, 2.45) is 0 Å². The molecule has 0 fully saturated rings. The second-order valence-corrected chi connectivity index (χ2v) is 6.05. The fourth-order valence-electron chi connectivity index (χ4n) is 2.28. The summed E-state index contributed by atoms with van der Waals surface area (Å²) < 4.78 is 0. The molecule has 11 heteroatoms. The van der Waals surface area contributed by atoms with Gasteiger partial charge in [0.1, 0.15) is 0 Å². The first-order valence-corrected chi connectivity index (χ1v) is 8.28. The van der Waals surface area contributed by atoms with E-state index in [0.29, 0.717) is 16.4 Å². The van der Waals surface area contributed by atoms with Crippen molar-refractivity contribution in [2.75, 3.05) is 0 Å². The first kappa shape index (κ1) is 19.0. The fourth-order valence-corrected chi connectivity index (χ4v) is 2.47. The molecule has 0 aliphatic rings. The first-order valence-electron chi connectivity index (χ1n) is 7.90. The minimum Gasteiger partial charge on any atom is -0.267 e. The summed E-state index contributed by atoms with van der Waals surface area (Å²) in [6.07, 6.45) is 0. The van der Waals surface area contributed by atoms with Crippen molar-refractivity contribution in [1.82, 2.24) is 25.8 Å². The molecule has 2 aromatic carbocycles. The highest BCUT2D eigenvalue weighted by Gasteiger charge is 2.18. The number of hydrogen-bond acceptors (Lipinski definition) is 6. The summed E-state index contributed by atoms with van der Waals surface area (Å²) in [5.41, 5.74) is 5.40. The number of rotatable bonds is 4. The predicted molar refractivity (Wildman–Crippen MR) is 99.1 cm³/mol. The molecule has 0 saturated heterocycles. The summed E-state index contributed by atoms with van der Waals surface area (Å²) in [5.74, 6) is -1.30. The number of hydrazine groups is 1. The highest BCUT2D eigenvalue weighted by Crippen LogP contribution is 2.14. The Morgan fingerprint density at radius 3 is 2.39 bits per heavy atom. The van der Waals surface area contributed by atoms with Crippen LogP contribution in [-0.2, 0) is 0 Å². The van der Waals surface area contributed by atoms with E-state index in [4.69, 9.17) is 11.6 Å². The number of aryl methyl sites for hydroxylation is 1. The van der Waals surface area contributed by atoms with Gasteiger partial charge in [0.25, 0.3) is 17.5 Å². The van der Waals surface area contributed by atoms with Crippen molar-refractivity contribution < 1.29 is 14.5 Å². The Hall–Kier alpha value is -3.79. The van der Waals surface area contributed by atoms with Crippen molar-refractivity contribution >= 4 is 29.1 Å². The molecule has 2 amide bonds. The molecule has 3 rings (SSSR count). The molecule has 1 heterocycles. The molecule has 28 heavy (non-hydrogen) atoms.